The highest BCUT2D eigenvalue weighted by atomic mass is 35.5. The van der Waals surface area contributed by atoms with Crippen LogP contribution in [0.2, 0.25) is 5.02 Å². The van der Waals surface area contributed by atoms with Gasteiger partial charge in [-0.2, -0.15) is 0 Å². The number of benzene rings is 1. The third kappa shape index (κ3) is 1.53. The molecule has 4 heteroatoms. The van der Waals surface area contributed by atoms with Gasteiger partial charge in [0.25, 0.3) is 0 Å². The van der Waals surface area contributed by atoms with Gasteiger partial charge in [-0.3, -0.25) is 0 Å². The van der Waals surface area contributed by atoms with Crippen LogP contribution in [0.5, 0.6) is 11.5 Å². The lowest BCUT2D eigenvalue weighted by Crippen LogP contribution is -2.18. The monoisotopic (exact) mass is 213 g/mol. The first kappa shape index (κ1) is 9.62. The zero-order valence-corrected chi connectivity index (χ0v) is 8.67. The Kier molecular flexibility index (Phi) is 2.52. The van der Waals surface area contributed by atoms with Gasteiger partial charge in [-0.15, -0.1) is 0 Å². The van der Waals surface area contributed by atoms with Crippen molar-refractivity contribution in [3.63, 3.8) is 0 Å². The Hall–Kier alpha value is -0.930. The summed E-state index contributed by atoms with van der Waals surface area (Å²) in [4.78, 5) is 0. The van der Waals surface area contributed by atoms with Crippen molar-refractivity contribution in [3.8, 4) is 11.5 Å². The number of halogens is 1. The van der Waals surface area contributed by atoms with E-state index in [1.54, 1.807) is 6.07 Å². The summed E-state index contributed by atoms with van der Waals surface area (Å²) >= 11 is 5.97. The summed E-state index contributed by atoms with van der Waals surface area (Å²) in [7, 11) is 0. The molecular formula is C10H12ClNO2. The Bertz CT molecular complexity index is 352. The molecule has 2 N–H and O–H groups in total. The van der Waals surface area contributed by atoms with Crippen LogP contribution in [0.1, 0.15) is 18.5 Å². The van der Waals surface area contributed by atoms with Crippen LogP contribution in [-0.2, 0) is 0 Å². The highest BCUT2D eigenvalue weighted by Gasteiger charge is 2.20. The van der Waals surface area contributed by atoms with Crippen LogP contribution in [0.4, 0.5) is 0 Å². The lowest BCUT2D eigenvalue weighted by atomic mass is 10.1. The maximum Gasteiger partial charge on any atom is 0.180 e. The van der Waals surface area contributed by atoms with Gasteiger partial charge in [0.1, 0.15) is 13.2 Å². The first-order chi connectivity index (χ1) is 6.70. The fraction of sp³-hybridized carbons (Fsp3) is 0.400. The number of fused-ring (bicyclic) bond motifs is 1. The molecule has 1 aromatic carbocycles. The summed E-state index contributed by atoms with van der Waals surface area (Å²) in [5, 5.41) is 0.573. The Morgan fingerprint density at radius 1 is 1.29 bits per heavy atom. The smallest absolute Gasteiger partial charge is 0.180 e. The molecule has 0 amide bonds. The molecule has 0 fully saturated rings. The summed E-state index contributed by atoms with van der Waals surface area (Å²) in [6.07, 6.45) is 0. The molecule has 0 saturated carbocycles. The van der Waals surface area contributed by atoms with Gasteiger partial charge in [0.05, 0.1) is 5.02 Å². The van der Waals surface area contributed by atoms with Crippen molar-refractivity contribution in [2.45, 2.75) is 13.0 Å². The van der Waals surface area contributed by atoms with Crippen molar-refractivity contribution >= 4 is 11.6 Å². The zero-order valence-electron chi connectivity index (χ0n) is 7.92. The fourth-order valence-corrected chi connectivity index (χ4v) is 1.69. The second kappa shape index (κ2) is 3.67. The number of hydrogen-bond acceptors (Lipinski definition) is 3. The van der Waals surface area contributed by atoms with E-state index in [9.17, 15) is 0 Å². The second-order valence-electron chi connectivity index (χ2n) is 3.28. The molecule has 1 unspecified atom stereocenters. The Balaban J connectivity index is 2.53. The predicted molar refractivity (Wildman–Crippen MR) is 55.0 cm³/mol. The normalized spacial score (nSPS) is 16.5. The molecule has 1 atom stereocenters. The lowest BCUT2D eigenvalue weighted by molar-refractivity contribution is 0.169. The first-order valence-corrected chi connectivity index (χ1v) is 4.91. The Morgan fingerprint density at radius 2 is 1.93 bits per heavy atom. The van der Waals surface area contributed by atoms with Crippen LogP contribution in [0.3, 0.4) is 0 Å². The second-order valence-corrected chi connectivity index (χ2v) is 3.69. The molecule has 2 rings (SSSR count). The molecule has 3 nitrogen and oxygen atoms in total. The van der Waals surface area contributed by atoms with Gasteiger partial charge in [0, 0.05) is 11.6 Å². The van der Waals surface area contributed by atoms with E-state index in [4.69, 9.17) is 26.8 Å². The summed E-state index contributed by atoms with van der Waals surface area (Å²) in [5.41, 5.74) is 6.74. The van der Waals surface area contributed by atoms with Crippen molar-refractivity contribution in [2.24, 2.45) is 5.73 Å². The zero-order chi connectivity index (χ0) is 10.1. The molecular weight excluding hydrogens is 202 g/mol. The van der Waals surface area contributed by atoms with Crippen molar-refractivity contribution < 1.29 is 9.47 Å². The van der Waals surface area contributed by atoms with Crippen molar-refractivity contribution in [2.75, 3.05) is 13.2 Å². The number of nitrogens with two attached hydrogens (primary N) is 1. The van der Waals surface area contributed by atoms with E-state index in [1.807, 2.05) is 13.0 Å². The van der Waals surface area contributed by atoms with Crippen LogP contribution in [0.15, 0.2) is 12.1 Å². The van der Waals surface area contributed by atoms with Gasteiger partial charge in [0.2, 0.25) is 0 Å². The molecule has 1 aliphatic heterocycles. The van der Waals surface area contributed by atoms with Gasteiger partial charge in [-0.1, -0.05) is 17.7 Å². The van der Waals surface area contributed by atoms with Gasteiger partial charge >= 0.3 is 0 Å². The predicted octanol–water partition coefficient (Wildman–Crippen LogP) is 2.13. The number of hydrogen-bond donors (Lipinski definition) is 1. The molecule has 0 aliphatic carbocycles. The van der Waals surface area contributed by atoms with E-state index >= 15 is 0 Å². The van der Waals surface area contributed by atoms with Gasteiger partial charge in [0.15, 0.2) is 11.5 Å². The highest BCUT2D eigenvalue weighted by Crippen LogP contribution is 2.41. The Labute approximate surface area is 87.8 Å². The third-order valence-electron chi connectivity index (χ3n) is 2.16. The van der Waals surface area contributed by atoms with Crippen LogP contribution in [0.25, 0.3) is 0 Å². The average Bonchev–Trinajstić information content (AvgIpc) is 2.18. The lowest BCUT2D eigenvalue weighted by Gasteiger charge is -2.23. The van der Waals surface area contributed by atoms with Crippen LogP contribution in [0, 0.1) is 0 Å². The van der Waals surface area contributed by atoms with Gasteiger partial charge in [-0.05, 0) is 13.0 Å². The highest BCUT2D eigenvalue weighted by molar-refractivity contribution is 6.32. The SMILES string of the molecule is CC(N)c1ccc(Cl)c2c1OCCO2. The molecule has 0 spiro atoms. The van der Waals surface area contributed by atoms with E-state index < -0.39 is 0 Å². The molecule has 14 heavy (non-hydrogen) atoms. The van der Waals surface area contributed by atoms with E-state index in [-0.39, 0.29) is 6.04 Å². The minimum absolute atomic E-state index is 0.0808. The van der Waals surface area contributed by atoms with E-state index in [0.29, 0.717) is 29.7 Å². The summed E-state index contributed by atoms with van der Waals surface area (Å²) in [6.45, 7) is 2.99. The minimum Gasteiger partial charge on any atom is -0.486 e. The number of rotatable bonds is 1. The molecule has 0 radical (unpaired) electrons. The van der Waals surface area contributed by atoms with Crippen LogP contribution >= 0.6 is 11.6 Å². The minimum atomic E-state index is -0.0808. The van der Waals surface area contributed by atoms with E-state index in [2.05, 4.69) is 0 Å². The third-order valence-corrected chi connectivity index (χ3v) is 2.46. The van der Waals surface area contributed by atoms with E-state index in [0.717, 1.165) is 5.56 Å². The summed E-state index contributed by atoms with van der Waals surface area (Å²) in [6, 6.07) is 3.58. The molecule has 0 bridgehead atoms. The standard InChI is InChI=1S/C10H12ClNO2/c1-6(12)7-2-3-8(11)10-9(7)13-4-5-14-10/h2-3,6H,4-5,12H2,1H3. The number of ether oxygens (including phenoxy) is 2. The average molecular weight is 214 g/mol. The quantitative estimate of drug-likeness (QED) is 0.777. The maximum absolute atomic E-state index is 5.97. The molecule has 76 valence electrons. The molecule has 1 aromatic rings. The fourth-order valence-electron chi connectivity index (χ4n) is 1.48. The first-order valence-electron chi connectivity index (χ1n) is 4.53. The largest absolute Gasteiger partial charge is 0.486 e. The maximum atomic E-state index is 5.97. The topological polar surface area (TPSA) is 44.5 Å². The summed E-state index contributed by atoms with van der Waals surface area (Å²) < 4.78 is 10.9. The van der Waals surface area contributed by atoms with Gasteiger partial charge < -0.3 is 15.2 Å². The van der Waals surface area contributed by atoms with Crippen LogP contribution in [-0.4, -0.2) is 13.2 Å². The van der Waals surface area contributed by atoms with Gasteiger partial charge in [-0.25, -0.2) is 0 Å². The van der Waals surface area contributed by atoms with Crippen molar-refractivity contribution in [3.05, 3.63) is 22.7 Å². The Morgan fingerprint density at radius 3 is 2.57 bits per heavy atom. The molecule has 0 aromatic heterocycles. The van der Waals surface area contributed by atoms with E-state index in [1.165, 1.54) is 0 Å². The molecule has 1 aliphatic rings. The molecule has 0 saturated heterocycles. The van der Waals surface area contributed by atoms with Crippen LogP contribution < -0.4 is 15.2 Å². The molecule has 1 heterocycles. The summed E-state index contributed by atoms with van der Waals surface area (Å²) in [5.74, 6) is 1.31. The van der Waals surface area contributed by atoms with Crippen molar-refractivity contribution in [1.82, 2.24) is 0 Å². The van der Waals surface area contributed by atoms with Crippen molar-refractivity contribution in [1.29, 1.82) is 0 Å².